The molecule has 0 fully saturated rings. The van der Waals surface area contributed by atoms with Gasteiger partial charge in [-0.1, -0.05) is 12.7 Å². The number of nitrogens with zero attached hydrogens (tertiary/aromatic N) is 2. The van der Waals surface area contributed by atoms with Gasteiger partial charge in [0.15, 0.2) is 0 Å². The molecule has 0 aliphatic carbocycles. The smallest absolute Gasteiger partial charge is 0.0602 e. The number of hydrogen-bond acceptors (Lipinski definition) is 1. The second-order valence-electron chi connectivity index (χ2n) is 5.10. The van der Waals surface area contributed by atoms with Crippen LogP contribution in [-0.2, 0) is 20.1 Å². The minimum atomic E-state index is 0. The summed E-state index contributed by atoms with van der Waals surface area (Å²) < 4.78 is 2.13. The molecule has 0 atom stereocenters. The van der Waals surface area contributed by atoms with E-state index in [0.717, 1.165) is 17.0 Å². The molecule has 3 rings (SSSR count). The van der Waals surface area contributed by atoms with Crippen LogP contribution in [0.3, 0.4) is 0 Å². The van der Waals surface area contributed by atoms with E-state index >= 15 is 0 Å². The van der Waals surface area contributed by atoms with E-state index in [1.54, 1.807) is 0 Å². The Labute approximate surface area is 144 Å². The van der Waals surface area contributed by atoms with Gasteiger partial charge in [0, 0.05) is 38.2 Å². The maximum atomic E-state index is 4.50. The molecule has 0 saturated carbocycles. The van der Waals surface area contributed by atoms with E-state index in [1.807, 2.05) is 42.7 Å². The maximum absolute atomic E-state index is 4.50. The van der Waals surface area contributed by atoms with Crippen LogP contribution in [0.25, 0.3) is 23.2 Å². The molecule has 2 nitrogen and oxygen atoms in total. The number of imidazole rings is 1. The zero-order valence-corrected chi connectivity index (χ0v) is 15.0. The molecule has 1 heterocycles. The van der Waals surface area contributed by atoms with Crippen molar-refractivity contribution in [3.8, 4) is 17.1 Å². The van der Waals surface area contributed by atoms with Crippen LogP contribution in [0.5, 0.6) is 0 Å². The van der Waals surface area contributed by atoms with Gasteiger partial charge < -0.3 is 4.57 Å². The Bertz CT molecular complexity index is 765. The van der Waals surface area contributed by atoms with Crippen LogP contribution in [0, 0.1) is 19.9 Å². The fourth-order valence-electron chi connectivity index (χ4n) is 2.70. The van der Waals surface area contributed by atoms with Crippen molar-refractivity contribution in [2.24, 2.45) is 0 Å². The summed E-state index contributed by atoms with van der Waals surface area (Å²) in [7, 11) is 0. The monoisotopic (exact) mass is 466 g/mol. The van der Waals surface area contributed by atoms with Gasteiger partial charge >= 0.3 is 0 Å². The van der Waals surface area contributed by atoms with Crippen LogP contribution in [-0.4, -0.2) is 9.55 Å². The first-order valence-electron chi connectivity index (χ1n) is 6.95. The zero-order valence-electron chi connectivity index (χ0n) is 12.6. The third-order valence-corrected chi connectivity index (χ3v) is 3.58. The molecule has 0 saturated heterocycles. The summed E-state index contributed by atoms with van der Waals surface area (Å²) in [6, 6.07) is 15.4. The molecule has 0 N–H and O–H groups in total. The van der Waals surface area contributed by atoms with Crippen LogP contribution in [0.2, 0.25) is 0 Å². The van der Waals surface area contributed by atoms with Crippen molar-refractivity contribution in [2.45, 2.75) is 13.8 Å². The summed E-state index contributed by atoms with van der Waals surface area (Å²) in [6.07, 6.45) is 5.71. The number of benzene rings is 2. The molecule has 0 aliphatic heterocycles. The van der Waals surface area contributed by atoms with Gasteiger partial charge in [-0.25, -0.2) is 0 Å². The minimum absolute atomic E-state index is 0. The SMILES string of the molecule is C=Cc1cc(C)c(-n2ccnc2-c2[c-]cccc2)c(C)c1.[Ir]. The van der Waals surface area contributed by atoms with Gasteiger partial charge in [-0.3, -0.25) is 4.98 Å². The van der Waals surface area contributed by atoms with E-state index in [2.05, 4.69) is 48.2 Å². The topological polar surface area (TPSA) is 17.8 Å². The Kier molecular flexibility index (Phi) is 5.12. The van der Waals surface area contributed by atoms with Crippen molar-refractivity contribution in [1.29, 1.82) is 0 Å². The average molecular weight is 466 g/mol. The van der Waals surface area contributed by atoms with Crippen LogP contribution >= 0.6 is 0 Å². The van der Waals surface area contributed by atoms with Crippen molar-refractivity contribution in [3.05, 3.63) is 78.1 Å². The summed E-state index contributed by atoms with van der Waals surface area (Å²) in [5, 5.41) is 0. The van der Waals surface area contributed by atoms with E-state index in [1.165, 1.54) is 16.8 Å². The fraction of sp³-hybridized carbons (Fsp3) is 0.105. The van der Waals surface area contributed by atoms with Gasteiger partial charge in [-0.15, -0.1) is 35.9 Å². The molecular weight excluding hydrogens is 448 g/mol. The molecule has 1 radical (unpaired) electrons. The second-order valence-corrected chi connectivity index (χ2v) is 5.10. The fourth-order valence-corrected chi connectivity index (χ4v) is 2.70. The summed E-state index contributed by atoms with van der Waals surface area (Å²) in [5.41, 5.74) is 5.72. The van der Waals surface area contributed by atoms with E-state index in [0.29, 0.717) is 0 Å². The van der Waals surface area contributed by atoms with E-state index in [4.69, 9.17) is 0 Å². The standard InChI is InChI=1S/C19H17N2.Ir/c1-4-16-12-14(2)18(15(3)13-16)21-11-10-20-19(21)17-8-6-5-7-9-17;/h4-8,10-13H,1H2,2-3H3;/q-1;. The van der Waals surface area contributed by atoms with Crippen molar-refractivity contribution in [2.75, 3.05) is 0 Å². The number of rotatable bonds is 3. The van der Waals surface area contributed by atoms with Crippen molar-refractivity contribution in [3.63, 3.8) is 0 Å². The van der Waals surface area contributed by atoms with Gasteiger partial charge in [0.05, 0.1) is 5.82 Å². The maximum Gasteiger partial charge on any atom is 0.0602 e. The molecule has 113 valence electrons. The summed E-state index contributed by atoms with van der Waals surface area (Å²) in [6.45, 7) is 8.08. The molecule has 0 bridgehead atoms. The first-order chi connectivity index (χ1) is 10.2. The molecular formula is C19H17IrN2-. The Morgan fingerprint density at radius 2 is 1.91 bits per heavy atom. The van der Waals surface area contributed by atoms with Crippen LogP contribution in [0.15, 0.2) is 55.4 Å². The quantitative estimate of drug-likeness (QED) is 0.517. The Morgan fingerprint density at radius 1 is 1.18 bits per heavy atom. The summed E-state index contributed by atoms with van der Waals surface area (Å²) in [5.74, 6) is 0.910. The van der Waals surface area contributed by atoms with Crippen LogP contribution < -0.4 is 0 Å². The average Bonchev–Trinajstić information content (AvgIpc) is 2.96. The van der Waals surface area contributed by atoms with Crippen LogP contribution in [0.1, 0.15) is 16.7 Å². The molecule has 1 aromatic heterocycles. The van der Waals surface area contributed by atoms with Gasteiger partial charge in [0.1, 0.15) is 0 Å². The molecule has 3 heteroatoms. The third kappa shape index (κ3) is 2.96. The van der Waals surface area contributed by atoms with E-state index in [9.17, 15) is 0 Å². The summed E-state index contributed by atoms with van der Waals surface area (Å²) >= 11 is 0. The normalized spacial score (nSPS) is 10.1. The summed E-state index contributed by atoms with van der Waals surface area (Å²) in [4.78, 5) is 4.50. The largest absolute Gasteiger partial charge is 0.340 e. The molecule has 2 aromatic carbocycles. The van der Waals surface area contributed by atoms with Gasteiger partial charge in [0.2, 0.25) is 0 Å². The molecule has 0 amide bonds. The first kappa shape index (κ1) is 16.4. The number of aromatic nitrogens is 2. The predicted octanol–water partition coefficient (Wildman–Crippen LogP) is 4.60. The Morgan fingerprint density at radius 3 is 2.50 bits per heavy atom. The van der Waals surface area contributed by atoms with Crippen LogP contribution in [0.4, 0.5) is 0 Å². The van der Waals surface area contributed by atoms with Gasteiger partial charge in [-0.2, -0.15) is 0 Å². The third-order valence-electron chi connectivity index (χ3n) is 3.58. The van der Waals surface area contributed by atoms with Crippen molar-refractivity contribution in [1.82, 2.24) is 9.55 Å². The van der Waals surface area contributed by atoms with E-state index < -0.39 is 0 Å². The van der Waals surface area contributed by atoms with Crippen molar-refractivity contribution < 1.29 is 20.1 Å². The Balaban J connectivity index is 0.00000176. The number of hydrogen-bond donors (Lipinski definition) is 0. The van der Waals surface area contributed by atoms with Gasteiger partial charge in [0.25, 0.3) is 0 Å². The number of aryl methyl sites for hydroxylation is 2. The van der Waals surface area contributed by atoms with Crippen molar-refractivity contribution >= 4 is 6.08 Å². The van der Waals surface area contributed by atoms with Gasteiger partial charge in [-0.05, 0) is 42.7 Å². The second kappa shape index (κ2) is 6.87. The zero-order chi connectivity index (χ0) is 14.8. The molecule has 0 unspecified atom stereocenters. The molecule has 0 aliphatic rings. The minimum Gasteiger partial charge on any atom is -0.340 e. The molecule has 3 aromatic rings. The molecule has 0 spiro atoms. The van der Waals surface area contributed by atoms with E-state index in [-0.39, 0.29) is 20.1 Å². The first-order valence-corrected chi connectivity index (χ1v) is 6.95. The predicted molar refractivity (Wildman–Crippen MR) is 87.4 cm³/mol. The Hall–Kier alpha value is -1.96. The molecule has 22 heavy (non-hydrogen) atoms.